The molecule has 0 aromatic heterocycles. The van der Waals surface area contributed by atoms with Gasteiger partial charge in [0.05, 0.1) is 12.2 Å². The van der Waals surface area contributed by atoms with Crippen molar-refractivity contribution in [3.8, 4) is 22.9 Å². The molecule has 33 heavy (non-hydrogen) atoms. The van der Waals surface area contributed by atoms with Crippen LogP contribution in [0.5, 0.6) is 5.75 Å². The number of ether oxygens (including phenoxy) is 2. The molecule has 0 radical (unpaired) electrons. The molecule has 0 aliphatic carbocycles. The van der Waals surface area contributed by atoms with Crippen LogP contribution in [0.1, 0.15) is 53.0 Å². The van der Waals surface area contributed by atoms with Crippen LogP contribution in [0.2, 0.25) is 0 Å². The summed E-state index contributed by atoms with van der Waals surface area (Å²) in [6, 6.07) is 16.8. The average Bonchev–Trinajstić information content (AvgIpc) is 2.79. The van der Waals surface area contributed by atoms with Crippen LogP contribution in [0.15, 0.2) is 42.5 Å². The summed E-state index contributed by atoms with van der Waals surface area (Å²) in [7, 11) is 2.17. The molecule has 1 heterocycles. The van der Waals surface area contributed by atoms with E-state index in [9.17, 15) is 5.26 Å². The van der Waals surface area contributed by atoms with Gasteiger partial charge in [0.1, 0.15) is 23.0 Å². The molecule has 0 saturated carbocycles. The molecule has 1 aliphatic rings. The van der Waals surface area contributed by atoms with Gasteiger partial charge in [-0.1, -0.05) is 31.2 Å². The fourth-order valence-electron chi connectivity index (χ4n) is 4.03. The maximum absolute atomic E-state index is 10.0. The number of hydrogen-bond donors (Lipinski definition) is 0. The van der Waals surface area contributed by atoms with Crippen LogP contribution < -0.4 is 9.64 Å². The predicted octanol–water partition coefficient (Wildman–Crippen LogP) is 5.73. The van der Waals surface area contributed by atoms with Crippen molar-refractivity contribution < 1.29 is 9.47 Å². The highest BCUT2D eigenvalue weighted by atomic mass is 16.5. The van der Waals surface area contributed by atoms with E-state index in [0.717, 1.165) is 50.1 Å². The molecule has 1 unspecified atom stereocenters. The Morgan fingerprint density at radius 2 is 1.64 bits per heavy atom. The maximum Gasteiger partial charge on any atom is 0.138 e. The number of nitrogens with zero attached hydrogens (tertiary/aromatic N) is 3. The number of rotatable bonds is 8. The average molecular weight is 450 g/mol. The molecule has 1 fully saturated rings. The molecule has 3 rings (SSSR count). The molecule has 2 aromatic carbocycles. The van der Waals surface area contributed by atoms with Gasteiger partial charge in [0.25, 0.3) is 0 Å². The van der Waals surface area contributed by atoms with E-state index in [1.54, 1.807) is 0 Å². The molecule has 178 valence electrons. The summed E-state index contributed by atoms with van der Waals surface area (Å²) in [6.07, 6.45) is 1.59. The number of nitriles is 1. The Bertz CT molecular complexity index is 951. The van der Waals surface area contributed by atoms with Crippen molar-refractivity contribution in [2.24, 2.45) is 0 Å². The molecule has 0 amide bonds. The quantitative estimate of drug-likeness (QED) is 0.515. The van der Waals surface area contributed by atoms with Crippen molar-refractivity contribution in [1.82, 2.24) is 4.90 Å². The van der Waals surface area contributed by atoms with Crippen molar-refractivity contribution in [2.45, 2.75) is 58.7 Å². The lowest BCUT2D eigenvalue weighted by atomic mass is 9.96. The van der Waals surface area contributed by atoms with E-state index in [0.29, 0.717) is 17.9 Å². The third-order valence-electron chi connectivity index (χ3n) is 6.45. The molecular weight excluding hydrogens is 410 g/mol. The first kappa shape index (κ1) is 25.1. The summed E-state index contributed by atoms with van der Waals surface area (Å²) in [6.45, 7) is 15.2. The van der Waals surface area contributed by atoms with Crippen molar-refractivity contribution >= 4 is 5.69 Å². The topological polar surface area (TPSA) is 48.7 Å². The van der Waals surface area contributed by atoms with Crippen LogP contribution in [-0.2, 0) is 4.74 Å². The molecule has 0 N–H and O–H groups in total. The van der Waals surface area contributed by atoms with E-state index in [2.05, 4.69) is 81.8 Å². The lowest BCUT2D eigenvalue weighted by Gasteiger charge is -2.34. The summed E-state index contributed by atoms with van der Waals surface area (Å²) in [5, 5.41) is 10.0. The van der Waals surface area contributed by atoms with E-state index >= 15 is 0 Å². The van der Waals surface area contributed by atoms with Crippen LogP contribution >= 0.6 is 0 Å². The number of likely N-dealkylation sites (N-methyl/N-ethyl adjacent to an activating group) is 1. The van der Waals surface area contributed by atoms with Gasteiger partial charge in [-0.05, 0) is 64.9 Å². The van der Waals surface area contributed by atoms with E-state index in [4.69, 9.17) is 9.47 Å². The number of benzene rings is 2. The normalized spacial score (nSPS) is 16.8. The van der Waals surface area contributed by atoms with E-state index in [-0.39, 0.29) is 5.60 Å². The monoisotopic (exact) mass is 449 g/mol. The van der Waals surface area contributed by atoms with Crippen molar-refractivity contribution in [3.63, 3.8) is 0 Å². The van der Waals surface area contributed by atoms with Gasteiger partial charge in [-0.15, -0.1) is 0 Å². The SMILES string of the molecule is CCC(C)(CCOC(C)(C)C)Oc1cccc(-c2ccc(N3CCN(C)CC3)cc2)c1C#N. The summed E-state index contributed by atoms with van der Waals surface area (Å²) in [4.78, 5) is 4.77. The highest BCUT2D eigenvalue weighted by molar-refractivity contribution is 5.75. The van der Waals surface area contributed by atoms with Crippen LogP contribution in [0.25, 0.3) is 11.1 Å². The zero-order valence-corrected chi connectivity index (χ0v) is 21.1. The standard InChI is InChI=1S/C28H39N3O2/c1-7-28(5,15-20-32-27(2,3)4)33-26-10-8-9-24(25(26)21-29)22-11-13-23(14-12-22)31-18-16-30(6)17-19-31/h8-14H,7,15-20H2,1-6H3. The van der Waals surface area contributed by atoms with Gasteiger partial charge in [-0.3, -0.25) is 0 Å². The number of piperazine rings is 1. The van der Waals surface area contributed by atoms with Gasteiger partial charge in [0, 0.05) is 43.9 Å². The Hall–Kier alpha value is -2.55. The molecule has 1 aliphatic heterocycles. The molecule has 5 heteroatoms. The molecule has 0 bridgehead atoms. The Morgan fingerprint density at radius 1 is 0.970 bits per heavy atom. The molecule has 2 aromatic rings. The van der Waals surface area contributed by atoms with Gasteiger partial charge >= 0.3 is 0 Å². The molecule has 0 spiro atoms. The minimum Gasteiger partial charge on any atom is -0.486 e. The highest BCUT2D eigenvalue weighted by Gasteiger charge is 2.27. The largest absolute Gasteiger partial charge is 0.486 e. The van der Waals surface area contributed by atoms with Crippen LogP contribution in [0.3, 0.4) is 0 Å². The van der Waals surface area contributed by atoms with Crippen LogP contribution in [0, 0.1) is 11.3 Å². The zero-order valence-electron chi connectivity index (χ0n) is 21.1. The third-order valence-corrected chi connectivity index (χ3v) is 6.45. The Labute approximate surface area is 199 Å². The minimum atomic E-state index is -0.402. The first-order chi connectivity index (χ1) is 15.6. The van der Waals surface area contributed by atoms with Crippen molar-refractivity contribution in [3.05, 3.63) is 48.0 Å². The number of anilines is 1. The summed E-state index contributed by atoms with van der Waals surface area (Å²) < 4.78 is 12.4. The smallest absolute Gasteiger partial charge is 0.138 e. The second-order valence-corrected chi connectivity index (χ2v) is 10.2. The lowest BCUT2D eigenvalue weighted by Crippen LogP contribution is -2.44. The summed E-state index contributed by atoms with van der Waals surface area (Å²) in [5.74, 6) is 0.637. The minimum absolute atomic E-state index is 0.178. The van der Waals surface area contributed by atoms with E-state index < -0.39 is 5.60 Å². The van der Waals surface area contributed by atoms with Crippen molar-refractivity contribution in [2.75, 3.05) is 44.7 Å². The third kappa shape index (κ3) is 6.72. The zero-order chi connectivity index (χ0) is 24.1. The maximum atomic E-state index is 10.0. The van der Waals surface area contributed by atoms with E-state index in [1.807, 2.05) is 18.2 Å². The Morgan fingerprint density at radius 3 is 2.21 bits per heavy atom. The van der Waals surface area contributed by atoms with Crippen LogP contribution in [-0.4, -0.2) is 55.9 Å². The van der Waals surface area contributed by atoms with Gasteiger partial charge < -0.3 is 19.3 Å². The van der Waals surface area contributed by atoms with E-state index in [1.165, 1.54) is 5.69 Å². The van der Waals surface area contributed by atoms with Gasteiger partial charge in [-0.25, -0.2) is 0 Å². The van der Waals surface area contributed by atoms with Gasteiger partial charge in [0.2, 0.25) is 0 Å². The Kier molecular flexibility index (Phi) is 8.05. The summed E-state index contributed by atoms with van der Waals surface area (Å²) >= 11 is 0. The summed E-state index contributed by atoms with van der Waals surface area (Å²) in [5.41, 5.74) is 3.17. The highest BCUT2D eigenvalue weighted by Crippen LogP contribution is 2.34. The first-order valence-corrected chi connectivity index (χ1v) is 12.0. The molecule has 5 nitrogen and oxygen atoms in total. The molecular formula is C28H39N3O2. The van der Waals surface area contributed by atoms with Crippen LogP contribution in [0.4, 0.5) is 5.69 Å². The number of hydrogen-bond acceptors (Lipinski definition) is 5. The van der Waals surface area contributed by atoms with Gasteiger partial charge in [-0.2, -0.15) is 5.26 Å². The molecule has 1 saturated heterocycles. The fourth-order valence-corrected chi connectivity index (χ4v) is 4.03. The second kappa shape index (κ2) is 10.6. The van der Waals surface area contributed by atoms with Gasteiger partial charge in [0.15, 0.2) is 0 Å². The predicted molar refractivity (Wildman–Crippen MR) is 136 cm³/mol. The molecule has 1 atom stereocenters. The first-order valence-electron chi connectivity index (χ1n) is 12.0. The fraction of sp³-hybridized carbons (Fsp3) is 0.536. The van der Waals surface area contributed by atoms with Crippen molar-refractivity contribution in [1.29, 1.82) is 5.26 Å². The Balaban J connectivity index is 1.79. The lowest BCUT2D eigenvalue weighted by molar-refractivity contribution is -0.0344. The second-order valence-electron chi connectivity index (χ2n) is 10.2.